The third kappa shape index (κ3) is 3.69. The van der Waals surface area contributed by atoms with E-state index in [0.717, 1.165) is 16.0 Å². The van der Waals surface area contributed by atoms with Crippen molar-refractivity contribution in [1.29, 1.82) is 0 Å². The number of hydrogen-bond donors (Lipinski definition) is 1. The normalized spacial score (nSPS) is 15.6. The van der Waals surface area contributed by atoms with Crippen molar-refractivity contribution in [1.82, 2.24) is 5.32 Å². The Balaban J connectivity index is 2.09. The number of carbonyl (C=O) groups excluding carboxylic acids is 3. The van der Waals surface area contributed by atoms with Crippen molar-refractivity contribution in [2.75, 3.05) is 19.1 Å². The molecule has 7 nitrogen and oxygen atoms in total. The van der Waals surface area contributed by atoms with Gasteiger partial charge < -0.3 is 9.47 Å². The molecular weight excluding hydrogens is 396 g/mol. The molecule has 1 aliphatic rings. The zero-order valence-electron chi connectivity index (χ0n) is 16.3. The molecule has 29 heavy (non-hydrogen) atoms. The fraction of sp³-hybridized carbons (Fsp3) is 0.190. The van der Waals surface area contributed by atoms with E-state index in [1.54, 1.807) is 25.1 Å². The number of carbonyl (C=O) groups is 3. The highest BCUT2D eigenvalue weighted by molar-refractivity contribution is 6.39. The summed E-state index contributed by atoms with van der Waals surface area (Å²) in [5.41, 5.74) is 2.34. The summed E-state index contributed by atoms with van der Waals surface area (Å²) in [6.07, 6.45) is 1.36. The van der Waals surface area contributed by atoms with Gasteiger partial charge in [-0.15, -0.1) is 0 Å². The van der Waals surface area contributed by atoms with Gasteiger partial charge in [-0.1, -0.05) is 23.7 Å². The quantitative estimate of drug-likeness (QED) is 0.609. The van der Waals surface area contributed by atoms with Crippen molar-refractivity contribution >= 4 is 41.2 Å². The Hall–Kier alpha value is -3.32. The molecule has 0 atom stereocenters. The minimum Gasteiger partial charge on any atom is -0.493 e. The molecule has 3 rings (SSSR count). The highest BCUT2D eigenvalue weighted by Crippen LogP contribution is 2.37. The van der Waals surface area contributed by atoms with Gasteiger partial charge >= 0.3 is 6.03 Å². The number of halogens is 1. The largest absolute Gasteiger partial charge is 0.493 e. The smallest absolute Gasteiger partial charge is 0.335 e. The second kappa shape index (κ2) is 7.97. The summed E-state index contributed by atoms with van der Waals surface area (Å²) in [5, 5.41) is 2.47. The van der Waals surface area contributed by atoms with Gasteiger partial charge in [-0.25, -0.2) is 9.69 Å². The van der Waals surface area contributed by atoms with E-state index in [1.165, 1.54) is 26.4 Å². The Labute approximate surface area is 172 Å². The van der Waals surface area contributed by atoms with Crippen LogP contribution in [0.4, 0.5) is 10.5 Å². The number of urea groups is 1. The molecule has 0 spiro atoms. The maximum Gasteiger partial charge on any atom is 0.335 e. The number of nitrogens with zero attached hydrogens (tertiary/aromatic N) is 1. The van der Waals surface area contributed by atoms with Gasteiger partial charge in [-0.2, -0.15) is 0 Å². The summed E-state index contributed by atoms with van der Waals surface area (Å²) in [4.78, 5) is 38.8. The van der Waals surface area contributed by atoms with E-state index >= 15 is 0 Å². The molecule has 0 aromatic heterocycles. The highest BCUT2D eigenvalue weighted by atomic mass is 35.5. The summed E-state index contributed by atoms with van der Waals surface area (Å²) in [7, 11) is 2.90. The monoisotopic (exact) mass is 414 g/mol. The molecule has 150 valence electrons. The molecule has 2 aromatic carbocycles. The van der Waals surface area contributed by atoms with Gasteiger partial charge in [0.2, 0.25) is 0 Å². The van der Waals surface area contributed by atoms with Crippen molar-refractivity contribution in [3.8, 4) is 11.5 Å². The van der Waals surface area contributed by atoms with Crippen molar-refractivity contribution in [2.24, 2.45) is 0 Å². The molecule has 1 heterocycles. The Morgan fingerprint density at radius 3 is 2.45 bits per heavy atom. The standard InChI is InChI=1S/C21H19ClN2O5/c1-11-6-5-7-16(12(11)2)24-20(26)14(19(25)23-21(24)27)8-13-9-15(22)18(29-4)17(10-13)28-3/h5-10H,1-4H3,(H,23,25,27)/b14-8+. The predicted molar refractivity (Wildman–Crippen MR) is 109 cm³/mol. The van der Waals surface area contributed by atoms with E-state index in [4.69, 9.17) is 21.1 Å². The number of benzene rings is 2. The predicted octanol–water partition coefficient (Wildman–Crippen LogP) is 3.64. The minimum absolute atomic E-state index is 0.200. The number of nitrogens with one attached hydrogen (secondary N) is 1. The molecule has 2 aromatic rings. The topological polar surface area (TPSA) is 84.9 Å². The number of anilines is 1. The van der Waals surface area contributed by atoms with Crippen LogP contribution in [0, 0.1) is 13.8 Å². The average molecular weight is 415 g/mol. The van der Waals surface area contributed by atoms with Gasteiger partial charge in [-0.3, -0.25) is 14.9 Å². The number of rotatable bonds is 4. The summed E-state index contributed by atoms with van der Waals surface area (Å²) in [6.45, 7) is 3.68. The Morgan fingerprint density at radius 2 is 1.79 bits per heavy atom. The fourth-order valence-electron chi connectivity index (χ4n) is 3.04. The second-order valence-electron chi connectivity index (χ2n) is 6.42. The number of barbiturate groups is 1. The summed E-state index contributed by atoms with van der Waals surface area (Å²) < 4.78 is 10.4. The number of hydrogen-bond acceptors (Lipinski definition) is 5. The molecule has 1 aliphatic heterocycles. The van der Waals surface area contributed by atoms with Crippen LogP contribution in [0.3, 0.4) is 0 Å². The van der Waals surface area contributed by atoms with Crippen molar-refractivity contribution in [2.45, 2.75) is 13.8 Å². The third-order valence-electron chi connectivity index (χ3n) is 4.69. The van der Waals surface area contributed by atoms with Gasteiger partial charge in [0.1, 0.15) is 5.57 Å². The molecule has 1 saturated heterocycles. The number of aryl methyl sites for hydroxylation is 1. The molecule has 4 amide bonds. The molecule has 0 unspecified atom stereocenters. The molecular formula is C21H19ClN2O5. The van der Waals surface area contributed by atoms with Crippen molar-refractivity contribution in [3.05, 3.63) is 57.6 Å². The van der Waals surface area contributed by atoms with Crippen molar-refractivity contribution in [3.63, 3.8) is 0 Å². The van der Waals surface area contributed by atoms with Gasteiger partial charge in [0.25, 0.3) is 11.8 Å². The fourth-order valence-corrected chi connectivity index (χ4v) is 3.34. The van der Waals surface area contributed by atoms with E-state index in [9.17, 15) is 14.4 Å². The Bertz CT molecular complexity index is 1060. The minimum atomic E-state index is -0.795. The van der Waals surface area contributed by atoms with E-state index < -0.39 is 17.8 Å². The lowest BCUT2D eigenvalue weighted by atomic mass is 10.0. The number of imide groups is 2. The SMILES string of the molecule is COc1cc(/C=C2\C(=O)NC(=O)N(c3cccc(C)c3C)C2=O)cc(Cl)c1OC. The Kier molecular flexibility index (Phi) is 5.61. The molecule has 0 bridgehead atoms. The van der Waals surface area contributed by atoms with Gasteiger partial charge in [0, 0.05) is 0 Å². The summed E-state index contributed by atoms with van der Waals surface area (Å²) in [6, 6.07) is 7.59. The summed E-state index contributed by atoms with van der Waals surface area (Å²) in [5.74, 6) is -0.827. The number of methoxy groups -OCH3 is 2. The van der Waals surface area contributed by atoms with Crippen LogP contribution in [-0.2, 0) is 9.59 Å². The first kappa shape index (κ1) is 20.4. The lowest BCUT2D eigenvalue weighted by Gasteiger charge is -2.28. The van der Waals surface area contributed by atoms with E-state index in [0.29, 0.717) is 22.7 Å². The maximum atomic E-state index is 13.1. The zero-order valence-corrected chi connectivity index (χ0v) is 17.1. The van der Waals surface area contributed by atoms with Gasteiger partial charge in [-0.05, 0) is 54.8 Å². The lowest BCUT2D eigenvalue weighted by Crippen LogP contribution is -2.54. The molecule has 0 aliphatic carbocycles. The molecule has 0 radical (unpaired) electrons. The van der Waals surface area contributed by atoms with Crippen LogP contribution < -0.4 is 19.7 Å². The maximum absolute atomic E-state index is 13.1. The third-order valence-corrected chi connectivity index (χ3v) is 4.97. The van der Waals surface area contributed by atoms with Crippen LogP contribution in [0.5, 0.6) is 11.5 Å². The zero-order chi connectivity index (χ0) is 21.3. The van der Waals surface area contributed by atoms with Crippen LogP contribution in [-0.4, -0.2) is 32.1 Å². The van der Waals surface area contributed by atoms with Crippen LogP contribution in [0.1, 0.15) is 16.7 Å². The lowest BCUT2D eigenvalue weighted by molar-refractivity contribution is -0.122. The van der Waals surface area contributed by atoms with Crippen LogP contribution in [0.15, 0.2) is 35.9 Å². The van der Waals surface area contributed by atoms with E-state index in [2.05, 4.69) is 5.32 Å². The number of ether oxygens (including phenoxy) is 2. The van der Waals surface area contributed by atoms with Crippen LogP contribution >= 0.6 is 11.6 Å². The first-order chi connectivity index (χ1) is 13.8. The average Bonchev–Trinajstić information content (AvgIpc) is 2.67. The van der Waals surface area contributed by atoms with Gasteiger partial charge in [0.15, 0.2) is 11.5 Å². The molecule has 1 fully saturated rings. The van der Waals surface area contributed by atoms with E-state index in [1.807, 2.05) is 13.0 Å². The molecule has 1 N–H and O–H groups in total. The summed E-state index contributed by atoms with van der Waals surface area (Å²) >= 11 is 6.21. The van der Waals surface area contributed by atoms with E-state index in [-0.39, 0.29) is 10.6 Å². The first-order valence-electron chi connectivity index (χ1n) is 8.67. The second-order valence-corrected chi connectivity index (χ2v) is 6.82. The van der Waals surface area contributed by atoms with Gasteiger partial charge in [0.05, 0.1) is 24.9 Å². The molecule has 8 heteroatoms. The van der Waals surface area contributed by atoms with Crippen LogP contribution in [0.25, 0.3) is 6.08 Å². The van der Waals surface area contributed by atoms with Crippen molar-refractivity contribution < 1.29 is 23.9 Å². The Morgan fingerprint density at radius 1 is 1.07 bits per heavy atom. The van der Waals surface area contributed by atoms with Crippen LogP contribution in [0.2, 0.25) is 5.02 Å². The highest BCUT2D eigenvalue weighted by Gasteiger charge is 2.37. The number of amides is 4. The molecule has 0 saturated carbocycles. The first-order valence-corrected chi connectivity index (χ1v) is 9.05.